The Balaban J connectivity index is 2.16. The van der Waals surface area contributed by atoms with Crippen LogP contribution in [0.1, 0.15) is 51.9 Å². The van der Waals surface area contributed by atoms with Crippen LogP contribution in [0.4, 0.5) is 4.79 Å². The molecule has 188 valence electrons. The Morgan fingerprint density at radius 1 is 1.09 bits per heavy atom. The normalized spacial score (nSPS) is 11.1. The molecule has 2 aromatic rings. The maximum atomic E-state index is 13.4. The molecule has 8 nitrogen and oxygen atoms in total. The van der Waals surface area contributed by atoms with Gasteiger partial charge in [0.25, 0.3) is 0 Å². The predicted octanol–water partition coefficient (Wildman–Crippen LogP) is 4.48. The molecule has 2 rings (SSSR count). The number of furan rings is 1. The van der Waals surface area contributed by atoms with Crippen molar-refractivity contribution in [3.05, 3.63) is 47.9 Å². The third kappa shape index (κ3) is 8.01. The van der Waals surface area contributed by atoms with Crippen LogP contribution in [-0.4, -0.2) is 61.1 Å². The van der Waals surface area contributed by atoms with Crippen molar-refractivity contribution in [2.24, 2.45) is 0 Å². The number of hydrogen-bond donors (Lipinski definition) is 1. The van der Waals surface area contributed by atoms with Crippen molar-refractivity contribution in [1.82, 2.24) is 15.1 Å². The first-order valence-electron chi connectivity index (χ1n) is 11.8. The smallest absolute Gasteiger partial charge is 0.318 e. The number of urea groups is 1. The second kappa shape index (κ2) is 12.9. The highest BCUT2D eigenvalue weighted by Gasteiger charge is 2.30. The summed E-state index contributed by atoms with van der Waals surface area (Å²) in [6.45, 7) is 9.22. The van der Waals surface area contributed by atoms with E-state index in [9.17, 15) is 9.59 Å². The molecule has 1 aromatic heterocycles. The van der Waals surface area contributed by atoms with E-state index < -0.39 is 5.54 Å². The van der Waals surface area contributed by atoms with Gasteiger partial charge in [0.05, 0.1) is 27.0 Å². The molecular weight excluding hydrogens is 434 g/mol. The Bertz CT molecular complexity index is 906. The number of nitrogens with zero attached hydrogens (tertiary/aromatic N) is 2. The van der Waals surface area contributed by atoms with Crippen LogP contribution in [0.3, 0.4) is 0 Å². The number of nitrogens with one attached hydrogen (secondary N) is 1. The van der Waals surface area contributed by atoms with Gasteiger partial charge in [-0.3, -0.25) is 4.79 Å². The van der Waals surface area contributed by atoms with Crippen LogP contribution < -0.4 is 14.8 Å². The summed E-state index contributed by atoms with van der Waals surface area (Å²) < 4.78 is 16.2. The minimum absolute atomic E-state index is 0.0197. The van der Waals surface area contributed by atoms with Crippen LogP contribution in [0.5, 0.6) is 11.5 Å². The second-order valence-corrected chi connectivity index (χ2v) is 9.18. The van der Waals surface area contributed by atoms with E-state index in [-0.39, 0.29) is 18.5 Å². The first-order chi connectivity index (χ1) is 16.2. The Labute approximate surface area is 203 Å². The van der Waals surface area contributed by atoms with Crippen LogP contribution in [0.15, 0.2) is 41.0 Å². The zero-order valence-corrected chi connectivity index (χ0v) is 21.3. The number of benzene rings is 1. The molecule has 0 aliphatic heterocycles. The molecule has 0 saturated carbocycles. The van der Waals surface area contributed by atoms with Crippen molar-refractivity contribution >= 4 is 11.9 Å². The molecule has 8 heteroatoms. The molecule has 34 heavy (non-hydrogen) atoms. The minimum Gasteiger partial charge on any atom is -0.493 e. The fourth-order valence-corrected chi connectivity index (χ4v) is 3.50. The van der Waals surface area contributed by atoms with Gasteiger partial charge in [-0.2, -0.15) is 0 Å². The zero-order chi connectivity index (χ0) is 25.1. The quantitative estimate of drug-likeness (QED) is 0.460. The average molecular weight is 474 g/mol. The van der Waals surface area contributed by atoms with Crippen LogP contribution in [0.2, 0.25) is 0 Å². The second-order valence-electron chi connectivity index (χ2n) is 9.18. The Hall–Kier alpha value is -3.16. The van der Waals surface area contributed by atoms with Crippen molar-refractivity contribution in [3.8, 4) is 11.5 Å². The Morgan fingerprint density at radius 2 is 1.82 bits per heavy atom. The molecule has 0 unspecified atom stereocenters. The van der Waals surface area contributed by atoms with Crippen molar-refractivity contribution in [2.75, 3.05) is 33.9 Å². The summed E-state index contributed by atoms with van der Waals surface area (Å²) in [6, 6.07) is 9.14. The lowest BCUT2D eigenvalue weighted by molar-refractivity contribution is -0.133. The summed E-state index contributed by atoms with van der Waals surface area (Å²) in [5.74, 6) is 1.85. The molecule has 0 aliphatic carbocycles. The number of unbranched alkanes of at least 4 members (excludes halogenated alkanes) is 1. The van der Waals surface area contributed by atoms with Gasteiger partial charge in [0.1, 0.15) is 12.3 Å². The summed E-state index contributed by atoms with van der Waals surface area (Å²) in [7, 11) is 3.20. The average Bonchev–Trinajstić information content (AvgIpc) is 3.32. The number of ether oxygens (including phenoxy) is 2. The van der Waals surface area contributed by atoms with Crippen LogP contribution in [0, 0.1) is 0 Å². The number of amides is 3. The highest BCUT2D eigenvalue weighted by atomic mass is 16.5. The number of methoxy groups -OCH3 is 2. The van der Waals surface area contributed by atoms with E-state index in [0.717, 1.165) is 18.4 Å². The molecule has 0 bridgehead atoms. The van der Waals surface area contributed by atoms with Gasteiger partial charge in [-0.15, -0.1) is 0 Å². The van der Waals surface area contributed by atoms with Crippen molar-refractivity contribution in [3.63, 3.8) is 0 Å². The first-order valence-corrected chi connectivity index (χ1v) is 11.8. The standard InChI is InChI=1S/C26H39N3O5/c1-7-8-14-27-25(31)29(26(2,3)4)19-24(30)28(18-21-10-9-16-34-21)15-13-20-11-12-22(32-5)23(17-20)33-6/h9-12,16-17H,7-8,13-15,18-19H2,1-6H3,(H,27,31). The number of hydrogen-bond acceptors (Lipinski definition) is 5. The van der Waals surface area contributed by atoms with Crippen LogP contribution in [0.25, 0.3) is 0 Å². The monoisotopic (exact) mass is 473 g/mol. The lowest BCUT2D eigenvalue weighted by Gasteiger charge is -2.36. The lowest BCUT2D eigenvalue weighted by Crippen LogP contribution is -2.54. The number of rotatable bonds is 12. The minimum atomic E-state index is -0.508. The molecule has 0 atom stereocenters. The first kappa shape index (κ1) is 27.1. The zero-order valence-electron chi connectivity index (χ0n) is 21.3. The summed E-state index contributed by atoms with van der Waals surface area (Å²) >= 11 is 0. The topological polar surface area (TPSA) is 84.3 Å². The van der Waals surface area contributed by atoms with E-state index in [1.165, 1.54) is 0 Å². The fourth-order valence-electron chi connectivity index (χ4n) is 3.50. The highest BCUT2D eigenvalue weighted by molar-refractivity contribution is 5.84. The molecule has 0 radical (unpaired) electrons. The molecule has 3 amide bonds. The van der Waals surface area contributed by atoms with Gasteiger partial charge in [-0.05, 0) is 63.4 Å². The van der Waals surface area contributed by atoms with Gasteiger partial charge in [-0.25, -0.2) is 4.79 Å². The largest absolute Gasteiger partial charge is 0.493 e. The van der Waals surface area contributed by atoms with E-state index in [1.54, 1.807) is 36.3 Å². The molecule has 0 aliphatic rings. The summed E-state index contributed by atoms with van der Waals surface area (Å²) in [5, 5.41) is 2.93. The number of carbonyl (C=O) groups is 2. The van der Waals surface area contributed by atoms with Crippen molar-refractivity contribution in [1.29, 1.82) is 0 Å². The molecular formula is C26H39N3O5. The third-order valence-corrected chi connectivity index (χ3v) is 5.55. The lowest BCUT2D eigenvalue weighted by atomic mass is 10.1. The highest BCUT2D eigenvalue weighted by Crippen LogP contribution is 2.28. The molecule has 0 spiro atoms. The molecule has 1 heterocycles. The van der Waals surface area contributed by atoms with Gasteiger partial charge in [0.15, 0.2) is 11.5 Å². The summed E-state index contributed by atoms with van der Waals surface area (Å²) in [5.41, 5.74) is 0.506. The van der Waals surface area contributed by atoms with Gasteiger partial charge >= 0.3 is 6.03 Å². The van der Waals surface area contributed by atoms with E-state index >= 15 is 0 Å². The van der Waals surface area contributed by atoms with Gasteiger partial charge < -0.3 is 29.0 Å². The number of carbonyl (C=O) groups excluding carboxylic acids is 2. The van der Waals surface area contributed by atoms with Crippen LogP contribution in [-0.2, 0) is 17.8 Å². The van der Waals surface area contributed by atoms with Gasteiger partial charge in [0, 0.05) is 18.6 Å². The molecule has 0 saturated heterocycles. The van der Waals surface area contributed by atoms with Crippen LogP contribution >= 0.6 is 0 Å². The van der Waals surface area contributed by atoms with Crippen molar-refractivity contribution < 1.29 is 23.5 Å². The molecule has 0 fully saturated rings. The predicted molar refractivity (Wildman–Crippen MR) is 132 cm³/mol. The summed E-state index contributed by atoms with van der Waals surface area (Å²) in [4.78, 5) is 29.6. The molecule has 1 N–H and O–H groups in total. The maximum Gasteiger partial charge on any atom is 0.318 e. The third-order valence-electron chi connectivity index (χ3n) is 5.55. The van der Waals surface area contributed by atoms with E-state index in [0.29, 0.717) is 43.3 Å². The summed E-state index contributed by atoms with van der Waals surface area (Å²) in [6.07, 6.45) is 4.09. The van der Waals surface area contributed by atoms with Crippen molar-refractivity contribution in [2.45, 2.75) is 59.0 Å². The maximum absolute atomic E-state index is 13.4. The van der Waals surface area contributed by atoms with Gasteiger partial charge in [0.2, 0.25) is 5.91 Å². The fraction of sp³-hybridized carbons (Fsp3) is 0.538. The Kier molecular flexibility index (Phi) is 10.3. The van der Waals surface area contributed by atoms with Gasteiger partial charge in [-0.1, -0.05) is 19.4 Å². The van der Waals surface area contributed by atoms with E-state index in [4.69, 9.17) is 13.9 Å². The molecule has 1 aromatic carbocycles. The van der Waals surface area contributed by atoms with E-state index in [1.807, 2.05) is 45.0 Å². The Morgan fingerprint density at radius 3 is 2.41 bits per heavy atom. The SMILES string of the molecule is CCCCNC(=O)N(CC(=O)N(CCc1ccc(OC)c(OC)c1)Cc1ccco1)C(C)(C)C. The van der Waals surface area contributed by atoms with E-state index in [2.05, 4.69) is 12.2 Å².